The molecule has 2 N–H and O–H groups in total. The van der Waals surface area contributed by atoms with E-state index in [1.165, 1.54) is 16.2 Å². The SMILES string of the molecule is Cc1ccc2nc(NCCOCCO)c(C=C3SC(=S)N(C4CCCC4)C3=O)c(=O)n2c1. The molecule has 1 saturated heterocycles. The summed E-state index contributed by atoms with van der Waals surface area (Å²) in [4.78, 5) is 33.3. The van der Waals surface area contributed by atoms with Crippen LogP contribution in [-0.4, -0.2) is 62.0 Å². The van der Waals surface area contributed by atoms with Gasteiger partial charge in [0.2, 0.25) is 0 Å². The van der Waals surface area contributed by atoms with Crippen molar-refractivity contribution in [3.05, 3.63) is 44.7 Å². The second-order valence-electron chi connectivity index (χ2n) is 7.87. The zero-order chi connectivity index (χ0) is 22.7. The van der Waals surface area contributed by atoms with E-state index in [4.69, 9.17) is 22.1 Å². The van der Waals surface area contributed by atoms with Crippen LogP contribution in [0.25, 0.3) is 11.7 Å². The lowest BCUT2D eigenvalue weighted by atomic mass is 10.2. The molecule has 0 spiro atoms. The molecular formula is C22H26N4O4S2. The van der Waals surface area contributed by atoms with Crippen molar-refractivity contribution in [2.45, 2.75) is 38.6 Å². The highest BCUT2D eigenvalue weighted by Crippen LogP contribution is 2.38. The van der Waals surface area contributed by atoms with Gasteiger partial charge in [0.15, 0.2) is 0 Å². The van der Waals surface area contributed by atoms with E-state index in [0.29, 0.717) is 39.4 Å². The van der Waals surface area contributed by atoms with Crippen molar-refractivity contribution >= 4 is 51.7 Å². The van der Waals surface area contributed by atoms with E-state index in [2.05, 4.69) is 10.3 Å². The second kappa shape index (κ2) is 10.1. The number of hydrogen-bond acceptors (Lipinski definition) is 8. The third kappa shape index (κ3) is 4.73. The fraction of sp³-hybridized carbons (Fsp3) is 0.455. The predicted molar refractivity (Wildman–Crippen MR) is 130 cm³/mol. The molecule has 32 heavy (non-hydrogen) atoms. The summed E-state index contributed by atoms with van der Waals surface area (Å²) in [5, 5.41) is 12.0. The van der Waals surface area contributed by atoms with Crippen LogP contribution in [0.3, 0.4) is 0 Å². The molecular weight excluding hydrogens is 448 g/mol. The minimum absolute atomic E-state index is 0.0526. The summed E-state index contributed by atoms with van der Waals surface area (Å²) in [7, 11) is 0. The highest BCUT2D eigenvalue weighted by Gasteiger charge is 2.38. The number of rotatable bonds is 8. The van der Waals surface area contributed by atoms with Crippen molar-refractivity contribution in [1.82, 2.24) is 14.3 Å². The first-order valence-electron chi connectivity index (χ1n) is 10.7. The van der Waals surface area contributed by atoms with Crippen LogP contribution >= 0.6 is 24.0 Å². The second-order valence-corrected chi connectivity index (χ2v) is 9.54. The number of hydrogen-bond donors (Lipinski definition) is 2. The van der Waals surface area contributed by atoms with Crippen LogP contribution in [0.1, 0.15) is 36.8 Å². The monoisotopic (exact) mass is 474 g/mol. The molecule has 2 fully saturated rings. The highest BCUT2D eigenvalue weighted by molar-refractivity contribution is 8.26. The molecule has 1 aliphatic carbocycles. The number of aromatic nitrogens is 2. The Morgan fingerprint density at radius 2 is 2.09 bits per heavy atom. The van der Waals surface area contributed by atoms with Gasteiger partial charge in [-0.05, 0) is 37.5 Å². The van der Waals surface area contributed by atoms with Gasteiger partial charge in [0.25, 0.3) is 11.5 Å². The van der Waals surface area contributed by atoms with Gasteiger partial charge in [0.1, 0.15) is 15.8 Å². The summed E-state index contributed by atoms with van der Waals surface area (Å²) >= 11 is 6.73. The highest BCUT2D eigenvalue weighted by atomic mass is 32.2. The van der Waals surface area contributed by atoms with Crippen LogP contribution in [0.2, 0.25) is 0 Å². The Bertz CT molecular complexity index is 1120. The van der Waals surface area contributed by atoms with Crippen LogP contribution < -0.4 is 10.9 Å². The summed E-state index contributed by atoms with van der Waals surface area (Å²) in [6, 6.07) is 3.82. The first kappa shape index (κ1) is 22.9. The maximum atomic E-state index is 13.4. The molecule has 0 bridgehead atoms. The standard InChI is InChI=1S/C22H26N4O4S2/c1-14-6-7-18-24-19(23-8-10-30-11-9-27)16(20(28)25(18)13-14)12-17-21(29)26(22(31)32-17)15-4-2-3-5-15/h6-7,12-13,15,23,27H,2-5,8-11H2,1H3. The van der Waals surface area contributed by atoms with Gasteiger partial charge in [-0.3, -0.25) is 18.9 Å². The number of aliphatic hydroxyl groups is 1. The molecule has 8 nitrogen and oxygen atoms in total. The smallest absolute Gasteiger partial charge is 0.267 e. The number of ether oxygens (including phenoxy) is 1. The Hall–Kier alpha value is -2.27. The predicted octanol–water partition coefficient (Wildman–Crippen LogP) is 2.57. The lowest BCUT2D eigenvalue weighted by Crippen LogP contribution is -2.36. The lowest BCUT2D eigenvalue weighted by Gasteiger charge is -2.21. The maximum absolute atomic E-state index is 13.4. The number of aliphatic hydroxyl groups excluding tert-OH is 1. The Morgan fingerprint density at radius 3 is 2.84 bits per heavy atom. The summed E-state index contributed by atoms with van der Waals surface area (Å²) in [5.74, 6) is 0.246. The Balaban J connectivity index is 1.70. The number of nitrogens with zero attached hydrogens (tertiary/aromatic N) is 3. The van der Waals surface area contributed by atoms with Crippen LogP contribution in [0.5, 0.6) is 0 Å². The van der Waals surface area contributed by atoms with Crippen molar-refractivity contribution in [3.8, 4) is 0 Å². The van der Waals surface area contributed by atoms with Gasteiger partial charge >= 0.3 is 0 Å². The Kier molecular flexibility index (Phi) is 7.24. The zero-order valence-corrected chi connectivity index (χ0v) is 19.5. The van der Waals surface area contributed by atoms with Gasteiger partial charge in [0.05, 0.1) is 30.3 Å². The van der Waals surface area contributed by atoms with Gasteiger partial charge in [-0.1, -0.05) is 42.9 Å². The van der Waals surface area contributed by atoms with E-state index in [9.17, 15) is 9.59 Å². The molecule has 0 unspecified atom stereocenters. The van der Waals surface area contributed by atoms with Crippen molar-refractivity contribution in [2.24, 2.45) is 0 Å². The number of thioether (sulfide) groups is 1. The van der Waals surface area contributed by atoms with Gasteiger partial charge in [0, 0.05) is 18.8 Å². The van der Waals surface area contributed by atoms with Crippen LogP contribution in [0.4, 0.5) is 5.82 Å². The van der Waals surface area contributed by atoms with Crippen molar-refractivity contribution in [1.29, 1.82) is 0 Å². The number of carbonyl (C=O) groups is 1. The molecule has 3 heterocycles. The fourth-order valence-corrected chi connectivity index (χ4v) is 5.40. The number of pyridine rings is 1. The average Bonchev–Trinajstić information content (AvgIpc) is 3.38. The summed E-state index contributed by atoms with van der Waals surface area (Å²) in [6.07, 6.45) is 7.46. The van der Waals surface area contributed by atoms with E-state index in [-0.39, 0.29) is 30.7 Å². The zero-order valence-electron chi connectivity index (χ0n) is 17.9. The van der Waals surface area contributed by atoms with Gasteiger partial charge in [-0.2, -0.15) is 0 Å². The Labute approximate surface area is 195 Å². The van der Waals surface area contributed by atoms with E-state index in [1.54, 1.807) is 23.2 Å². The third-order valence-electron chi connectivity index (χ3n) is 5.57. The minimum Gasteiger partial charge on any atom is -0.394 e. The largest absolute Gasteiger partial charge is 0.394 e. The number of anilines is 1. The average molecular weight is 475 g/mol. The quantitative estimate of drug-likeness (QED) is 0.342. The fourth-order valence-electron chi connectivity index (χ4n) is 4.02. The molecule has 170 valence electrons. The first-order valence-corrected chi connectivity index (χ1v) is 11.9. The van der Waals surface area contributed by atoms with Gasteiger partial charge in [-0.15, -0.1) is 0 Å². The number of nitrogens with one attached hydrogen (secondary N) is 1. The molecule has 1 amide bonds. The number of carbonyl (C=O) groups excluding carboxylic acids is 1. The molecule has 1 aliphatic heterocycles. The van der Waals surface area contributed by atoms with Crippen LogP contribution in [0.15, 0.2) is 28.0 Å². The number of aryl methyl sites for hydroxylation is 1. The van der Waals surface area contributed by atoms with E-state index in [1.807, 2.05) is 13.0 Å². The number of thiocarbonyl (C=S) groups is 1. The maximum Gasteiger partial charge on any atom is 0.267 e. The molecule has 2 aromatic heterocycles. The topological polar surface area (TPSA) is 96.2 Å². The van der Waals surface area contributed by atoms with Crippen molar-refractivity contribution < 1.29 is 14.6 Å². The third-order valence-corrected chi connectivity index (χ3v) is 6.90. The molecule has 1 saturated carbocycles. The normalized spacial score (nSPS) is 18.4. The number of fused-ring (bicyclic) bond motifs is 1. The van der Waals surface area contributed by atoms with Crippen molar-refractivity contribution in [2.75, 3.05) is 31.7 Å². The van der Waals surface area contributed by atoms with E-state index >= 15 is 0 Å². The molecule has 4 rings (SSSR count). The lowest BCUT2D eigenvalue weighted by molar-refractivity contribution is -0.123. The first-order chi connectivity index (χ1) is 15.5. The van der Waals surface area contributed by atoms with E-state index in [0.717, 1.165) is 31.2 Å². The molecule has 0 atom stereocenters. The molecule has 2 aromatic rings. The Morgan fingerprint density at radius 1 is 1.31 bits per heavy atom. The van der Waals surface area contributed by atoms with E-state index < -0.39 is 0 Å². The summed E-state index contributed by atoms with van der Waals surface area (Å²) in [5.41, 5.74) is 1.49. The molecule has 10 heteroatoms. The van der Waals surface area contributed by atoms with Gasteiger partial charge in [-0.25, -0.2) is 4.98 Å². The van der Waals surface area contributed by atoms with Gasteiger partial charge < -0.3 is 15.2 Å². The summed E-state index contributed by atoms with van der Waals surface area (Å²) in [6.45, 7) is 2.84. The minimum atomic E-state index is -0.261. The van der Waals surface area contributed by atoms with Crippen LogP contribution in [-0.2, 0) is 9.53 Å². The molecule has 0 radical (unpaired) electrons. The molecule has 2 aliphatic rings. The number of amides is 1. The van der Waals surface area contributed by atoms with Crippen LogP contribution in [0, 0.1) is 6.92 Å². The van der Waals surface area contributed by atoms with Crippen molar-refractivity contribution in [3.63, 3.8) is 0 Å². The molecule has 0 aromatic carbocycles. The summed E-state index contributed by atoms with van der Waals surface area (Å²) < 4.78 is 7.33.